The molecule has 2 aromatic rings. The highest BCUT2D eigenvalue weighted by molar-refractivity contribution is 5.92. The number of aryl methyl sites for hydroxylation is 2. The summed E-state index contributed by atoms with van der Waals surface area (Å²) in [6, 6.07) is 3.94. The molecule has 0 unspecified atom stereocenters. The highest BCUT2D eigenvalue weighted by Gasteiger charge is 2.55. The summed E-state index contributed by atoms with van der Waals surface area (Å²) in [5.74, 6) is 2.09. The maximum absolute atomic E-state index is 13.1. The topological polar surface area (TPSA) is 75.6 Å². The molecule has 7 heteroatoms. The molecule has 2 aliphatic heterocycles. The van der Waals surface area contributed by atoms with E-state index in [0.29, 0.717) is 18.9 Å². The molecule has 0 atom stereocenters. The summed E-state index contributed by atoms with van der Waals surface area (Å²) in [7, 11) is 0. The van der Waals surface area contributed by atoms with Crippen LogP contribution in [-0.4, -0.2) is 52.1 Å². The molecule has 2 fully saturated rings. The predicted octanol–water partition coefficient (Wildman–Crippen LogP) is 2.19. The van der Waals surface area contributed by atoms with Crippen molar-refractivity contribution in [3.05, 3.63) is 35.0 Å². The lowest BCUT2D eigenvalue weighted by molar-refractivity contribution is -0.159. The van der Waals surface area contributed by atoms with Crippen LogP contribution in [0.5, 0.6) is 0 Å². The molecular weight excluding hydrogens is 332 g/mol. The standard InChI is InChI=1S/C19H26N4O3/c1-13-5-15(25-20-13)7-22-9-18(3)11-23(8-16-6-14(2)21-26-16)12-19(4,10-22)17(18)24/h5-6H,7-12H2,1-4H3. The van der Waals surface area contributed by atoms with Crippen LogP contribution in [0.25, 0.3) is 0 Å². The average molecular weight is 358 g/mol. The summed E-state index contributed by atoms with van der Waals surface area (Å²) >= 11 is 0. The lowest BCUT2D eigenvalue weighted by atomic mass is 9.64. The molecule has 2 aliphatic rings. The van der Waals surface area contributed by atoms with Gasteiger partial charge in [-0.25, -0.2) is 0 Å². The minimum Gasteiger partial charge on any atom is -0.360 e. The molecule has 0 aromatic carbocycles. The third-order valence-electron chi connectivity index (χ3n) is 5.50. The van der Waals surface area contributed by atoms with E-state index in [-0.39, 0.29) is 0 Å². The first-order valence-electron chi connectivity index (χ1n) is 9.10. The van der Waals surface area contributed by atoms with Crippen LogP contribution in [0.3, 0.4) is 0 Å². The fraction of sp³-hybridized carbons (Fsp3) is 0.632. The maximum Gasteiger partial charge on any atom is 0.150 e. The van der Waals surface area contributed by atoms with Crippen molar-refractivity contribution in [3.63, 3.8) is 0 Å². The summed E-state index contributed by atoms with van der Waals surface area (Å²) in [6.45, 7) is 12.3. The second-order valence-corrected chi connectivity index (χ2v) is 8.61. The minimum absolute atomic E-state index is 0.375. The average Bonchev–Trinajstić information content (AvgIpc) is 3.11. The fourth-order valence-corrected chi connectivity index (χ4v) is 4.85. The molecule has 0 saturated carbocycles. The molecule has 26 heavy (non-hydrogen) atoms. The van der Waals surface area contributed by atoms with Gasteiger partial charge in [-0.05, 0) is 13.8 Å². The van der Waals surface area contributed by atoms with E-state index in [4.69, 9.17) is 9.05 Å². The maximum atomic E-state index is 13.1. The fourth-order valence-electron chi connectivity index (χ4n) is 4.85. The van der Waals surface area contributed by atoms with Crippen LogP contribution < -0.4 is 0 Å². The molecule has 0 radical (unpaired) electrons. The van der Waals surface area contributed by atoms with E-state index >= 15 is 0 Å². The second-order valence-electron chi connectivity index (χ2n) is 8.61. The van der Waals surface area contributed by atoms with Crippen LogP contribution in [-0.2, 0) is 17.9 Å². The van der Waals surface area contributed by atoms with Crippen molar-refractivity contribution >= 4 is 5.78 Å². The molecule has 0 aliphatic carbocycles. The smallest absolute Gasteiger partial charge is 0.150 e. The van der Waals surface area contributed by atoms with Crippen molar-refractivity contribution in [2.24, 2.45) is 10.8 Å². The first-order chi connectivity index (χ1) is 12.3. The highest BCUT2D eigenvalue weighted by atomic mass is 16.5. The lowest BCUT2D eigenvalue weighted by Crippen LogP contribution is -2.67. The van der Waals surface area contributed by atoms with E-state index in [0.717, 1.165) is 49.1 Å². The highest BCUT2D eigenvalue weighted by Crippen LogP contribution is 2.43. The Morgan fingerprint density at radius 3 is 1.58 bits per heavy atom. The Bertz CT molecular complexity index is 746. The molecule has 2 aromatic heterocycles. The normalized spacial score (nSPS) is 30.1. The quantitative estimate of drug-likeness (QED) is 0.829. The van der Waals surface area contributed by atoms with Crippen LogP contribution >= 0.6 is 0 Å². The molecule has 0 N–H and O–H groups in total. The number of nitrogens with zero attached hydrogens (tertiary/aromatic N) is 4. The van der Waals surface area contributed by atoms with Crippen molar-refractivity contribution in [2.45, 2.75) is 40.8 Å². The molecule has 0 spiro atoms. The Labute approximate surface area is 153 Å². The Hall–Kier alpha value is -1.99. The van der Waals surface area contributed by atoms with Crippen LogP contribution in [0.15, 0.2) is 21.2 Å². The van der Waals surface area contributed by atoms with Crippen molar-refractivity contribution in [3.8, 4) is 0 Å². The largest absolute Gasteiger partial charge is 0.360 e. The molecular formula is C19H26N4O3. The van der Waals surface area contributed by atoms with Crippen molar-refractivity contribution in [2.75, 3.05) is 26.2 Å². The van der Waals surface area contributed by atoms with Gasteiger partial charge in [0.1, 0.15) is 5.78 Å². The Kier molecular flexibility index (Phi) is 4.04. The van der Waals surface area contributed by atoms with E-state index in [1.807, 2.05) is 26.0 Å². The van der Waals surface area contributed by atoms with Gasteiger partial charge >= 0.3 is 0 Å². The predicted molar refractivity (Wildman–Crippen MR) is 94.3 cm³/mol. The van der Waals surface area contributed by atoms with Gasteiger partial charge < -0.3 is 9.05 Å². The lowest BCUT2D eigenvalue weighted by Gasteiger charge is -2.55. The van der Waals surface area contributed by atoms with Gasteiger partial charge in [-0.3, -0.25) is 14.6 Å². The number of ketones is 1. The third-order valence-corrected chi connectivity index (χ3v) is 5.50. The van der Waals surface area contributed by atoms with Gasteiger partial charge in [0.2, 0.25) is 0 Å². The van der Waals surface area contributed by atoms with Gasteiger partial charge in [-0.1, -0.05) is 24.2 Å². The SMILES string of the molecule is Cc1cc(CN2CC3(C)CN(Cc4cc(C)no4)CC(C)(C2)C3=O)on1. The summed E-state index contributed by atoms with van der Waals surface area (Å²) in [5.41, 5.74) is 0.989. The van der Waals surface area contributed by atoms with Gasteiger partial charge in [-0.15, -0.1) is 0 Å². The number of likely N-dealkylation sites (tertiary alicyclic amines) is 2. The molecule has 4 rings (SSSR count). The van der Waals surface area contributed by atoms with Crippen LogP contribution in [0.1, 0.15) is 36.8 Å². The minimum atomic E-state index is -0.393. The number of rotatable bonds is 4. The third kappa shape index (κ3) is 3.10. The summed E-state index contributed by atoms with van der Waals surface area (Å²) in [6.07, 6.45) is 0. The number of fused-ring (bicyclic) bond motifs is 2. The molecule has 0 amide bonds. The number of piperidine rings is 2. The van der Waals surface area contributed by atoms with E-state index in [1.165, 1.54) is 0 Å². The van der Waals surface area contributed by atoms with E-state index < -0.39 is 10.8 Å². The first kappa shape index (κ1) is 17.4. The number of Topliss-reactive ketones (excluding diaryl/α,β-unsaturated/α-hetero) is 1. The van der Waals surface area contributed by atoms with Crippen molar-refractivity contribution in [1.29, 1.82) is 0 Å². The van der Waals surface area contributed by atoms with E-state index in [9.17, 15) is 4.79 Å². The van der Waals surface area contributed by atoms with E-state index in [2.05, 4.69) is 34.0 Å². The molecule has 2 saturated heterocycles. The number of hydrogen-bond acceptors (Lipinski definition) is 7. The molecule has 4 heterocycles. The Balaban J connectivity index is 1.52. The van der Waals surface area contributed by atoms with E-state index in [1.54, 1.807) is 0 Å². The van der Waals surface area contributed by atoms with Gasteiger partial charge in [0.25, 0.3) is 0 Å². The number of carbonyl (C=O) groups excluding carboxylic acids is 1. The van der Waals surface area contributed by atoms with Gasteiger partial charge in [0.05, 0.1) is 35.3 Å². The van der Waals surface area contributed by atoms with Crippen LogP contribution in [0.4, 0.5) is 0 Å². The summed E-state index contributed by atoms with van der Waals surface area (Å²) in [5, 5.41) is 7.94. The molecule has 7 nitrogen and oxygen atoms in total. The Morgan fingerprint density at radius 2 is 1.27 bits per heavy atom. The monoisotopic (exact) mass is 358 g/mol. The number of carbonyl (C=O) groups is 1. The van der Waals surface area contributed by atoms with Gasteiger partial charge in [0, 0.05) is 38.3 Å². The molecule has 140 valence electrons. The van der Waals surface area contributed by atoms with Crippen molar-refractivity contribution in [1.82, 2.24) is 20.1 Å². The zero-order valence-corrected chi connectivity index (χ0v) is 15.9. The zero-order valence-electron chi connectivity index (χ0n) is 15.9. The zero-order chi connectivity index (χ0) is 18.5. The summed E-state index contributed by atoms with van der Waals surface area (Å²) in [4.78, 5) is 17.8. The number of aromatic nitrogens is 2. The number of hydrogen-bond donors (Lipinski definition) is 0. The van der Waals surface area contributed by atoms with Gasteiger partial charge in [-0.2, -0.15) is 0 Å². The first-order valence-corrected chi connectivity index (χ1v) is 9.10. The van der Waals surface area contributed by atoms with Crippen LogP contribution in [0.2, 0.25) is 0 Å². The van der Waals surface area contributed by atoms with Gasteiger partial charge in [0.15, 0.2) is 11.5 Å². The second kappa shape index (κ2) is 6.03. The van der Waals surface area contributed by atoms with Crippen LogP contribution in [0, 0.1) is 24.7 Å². The Morgan fingerprint density at radius 1 is 0.885 bits per heavy atom. The summed E-state index contributed by atoms with van der Waals surface area (Å²) < 4.78 is 10.8. The molecule has 2 bridgehead atoms. The van der Waals surface area contributed by atoms with Crippen molar-refractivity contribution < 1.29 is 13.8 Å².